The maximum absolute atomic E-state index is 12.2. The monoisotopic (exact) mass is 310 g/mol. The molecule has 1 aromatic heterocycles. The first-order valence-electron chi connectivity index (χ1n) is 7.12. The van der Waals surface area contributed by atoms with Crippen LogP contribution >= 0.6 is 0 Å². The lowest BCUT2D eigenvalue weighted by molar-refractivity contribution is -0.189. The molecule has 2 atom stereocenters. The summed E-state index contributed by atoms with van der Waals surface area (Å²) in [5, 5.41) is 0. The highest BCUT2D eigenvalue weighted by molar-refractivity contribution is 5.76. The van der Waals surface area contributed by atoms with Gasteiger partial charge in [-0.15, -0.1) is 0 Å². The fraction of sp³-hybridized carbons (Fsp3) is 0.643. The SMILES string of the molecule is CC1(Cn2ccc(=O)[nH]c2=O)CC(C2(C)OCCO2)C(=O)O1. The van der Waals surface area contributed by atoms with Crippen LogP contribution in [-0.2, 0) is 25.5 Å². The van der Waals surface area contributed by atoms with Crippen LogP contribution < -0.4 is 11.2 Å². The molecular formula is C14H18N2O6. The zero-order chi connectivity index (χ0) is 16.0. The van der Waals surface area contributed by atoms with Crippen molar-refractivity contribution in [3.63, 3.8) is 0 Å². The van der Waals surface area contributed by atoms with Gasteiger partial charge >= 0.3 is 11.7 Å². The van der Waals surface area contributed by atoms with Crippen molar-refractivity contribution >= 4 is 5.97 Å². The van der Waals surface area contributed by atoms with E-state index >= 15 is 0 Å². The van der Waals surface area contributed by atoms with Gasteiger partial charge in [-0.05, 0) is 13.8 Å². The van der Waals surface area contributed by atoms with E-state index < -0.39 is 34.5 Å². The second kappa shape index (κ2) is 5.06. The number of cyclic esters (lactones) is 1. The van der Waals surface area contributed by atoms with Crippen LogP contribution in [0, 0.1) is 5.92 Å². The molecule has 2 fully saturated rings. The number of aromatic amines is 1. The number of rotatable bonds is 3. The van der Waals surface area contributed by atoms with Gasteiger partial charge in [0.05, 0.1) is 19.8 Å². The topological polar surface area (TPSA) is 99.6 Å². The molecule has 0 bridgehead atoms. The molecule has 1 aromatic rings. The number of ether oxygens (including phenoxy) is 3. The van der Waals surface area contributed by atoms with Crippen LogP contribution in [0.2, 0.25) is 0 Å². The van der Waals surface area contributed by atoms with Crippen molar-refractivity contribution in [3.05, 3.63) is 33.1 Å². The van der Waals surface area contributed by atoms with Crippen LogP contribution in [0.5, 0.6) is 0 Å². The van der Waals surface area contributed by atoms with Crippen molar-refractivity contribution in [2.75, 3.05) is 13.2 Å². The Balaban J connectivity index is 1.81. The first kappa shape index (κ1) is 15.0. The van der Waals surface area contributed by atoms with E-state index in [0.29, 0.717) is 19.6 Å². The summed E-state index contributed by atoms with van der Waals surface area (Å²) < 4.78 is 17.9. The van der Waals surface area contributed by atoms with Crippen molar-refractivity contribution in [3.8, 4) is 0 Å². The normalized spacial score (nSPS) is 30.5. The quantitative estimate of drug-likeness (QED) is 0.764. The van der Waals surface area contributed by atoms with Crippen LogP contribution in [0.3, 0.4) is 0 Å². The predicted molar refractivity (Wildman–Crippen MR) is 74.2 cm³/mol. The average Bonchev–Trinajstić information content (AvgIpc) is 2.99. The molecule has 0 aromatic carbocycles. The van der Waals surface area contributed by atoms with E-state index in [0.717, 1.165) is 0 Å². The van der Waals surface area contributed by atoms with Gasteiger partial charge in [-0.25, -0.2) is 4.79 Å². The maximum Gasteiger partial charge on any atom is 0.328 e. The summed E-state index contributed by atoms with van der Waals surface area (Å²) in [7, 11) is 0. The second-order valence-corrected chi connectivity index (χ2v) is 6.08. The Hall–Kier alpha value is -1.93. The van der Waals surface area contributed by atoms with E-state index in [1.165, 1.54) is 16.8 Å². The van der Waals surface area contributed by atoms with Crippen LogP contribution in [-0.4, -0.2) is 40.1 Å². The van der Waals surface area contributed by atoms with Crippen LogP contribution in [0.15, 0.2) is 21.9 Å². The molecule has 2 aliphatic rings. The number of carbonyl (C=O) groups is 1. The molecule has 2 aliphatic heterocycles. The smallest absolute Gasteiger partial charge is 0.328 e. The molecule has 3 rings (SSSR count). The van der Waals surface area contributed by atoms with Crippen molar-refractivity contribution < 1.29 is 19.0 Å². The third-order valence-electron chi connectivity index (χ3n) is 4.16. The van der Waals surface area contributed by atoms with E-state index in [-0.39, 0.29) is 6.54 Å². The first-order chi connectivity index (χ1) is 10.3. The lowest BCUT2D eigenvalue weighted by Crippen LogP contribution is -2.40. The maximum atomic E-state index is 12.2. The summed E-state index contributed by atoms with van der Waals surface area (Å²) in [6.45, 7) is 4.51. The van der Waals surface area contributed by atoms with Crippen LogP contribution in [0.25, 0.3) is 0 Å². The van der Waals surface area contributed by atoms with E-state index in [2.05, 4.69) is 4.98 Å². The summed E-state index contributed by atoms with van der Waals surface area (Å²) >= 11 is 0. The Bertz CT molecular complexity index is 702. The molecule has 3 heterocycles. The highest BCUT2D eigenvalue weighted by Gasteiger charge is 2.54. The zero-order valence-corrected chi connectivity index (χ0v) is 12.5. The third-order valence-corrected chi connectivity index (χ3v) is 4.16. The standard InChI is InChI=1S/C14H18N2O6/c1-13(8-16-4-3-10(17)15-12(16)19)7-9(11(18)22-13)14(2)20-5-6-21-14/h3-4,9H,5-8H2,1-2H3,(H,15,17,19). The number of H-pyrrole nitrogens is 1. The van der Waals surface area contributed by atoms with Crippen molar-refractivity contribution in [1.29, 1.82) is 0 Å². The molecule has 0 radical (unpaired) electrons. The molecule has 120 valence electrons. The summed E-state index contributed by atoms with van der Waals surface area (Å²) in [5.41, 5.74) is -1.86. The summed E-state index contributed by atoms with van der Waals surface area (Å²) in [4.78, 5) is 37.2. The van der Waals surface area contributed by atoms with Gasteiger partial charge in [0.1, 0.15) is 11.5 Å². The van der Waals surface area contributed by atoms with Gasteiger partial charge in [-0.3, -0.25) is 19.1 Å². The summed E-state index contributed by atoms with van der Waals surface area (Å²) in [6, 6.07) is 1.25. The molecule has 0 amide bonds. The minimum Gasteiger partial charge on any atom is -0.457 e. The van der Waals surface area contributed by atoms with E-state index in [1.54, 1.807) is 13.8 Å². The Labute approximate surface area is 126 Å². The molecule has 0 aliphatic carbocycles. The van der Waals surface area contributed by atoms with Gasteiger partial charge in [0.25, 0.3) is 5.56 Å². The predicted octanol–water partition coefficient (Wildman–Crippen LogP) is -0.379. The van der Waals surface area contributed by atoms with Gasteiger partial charge in [0.15, 0.2) is 5.79 Å². The molecule has 0 spiro atoms. The Kier molecular flexibility index (Phi) is 3.45. The molecule has 8 nitrogen and oxygen atoms in total. The summed E-state index contributed by atoms with van der Waals surface area (Å²) in [5.74, 6) is -1.92. The van der Waals surface area contributed by atoms with Crippen molar-refractivity contribution in [2.24, 2.45) is 5.92 Å². The van der Waals surface area contributed by atoms with Gasteiger partial charge < -0.3 is 14.2 Å². The number of nitrogens with one attached hydrogen (secondary N) is 1. The van der Waals surface area contributed by atoms with Crippen LogP contribution in [0.1, 0.15) is 20.3 Å². The lowest BCUT2D eigenvalue weighted by atomic mass is 9.90. The number of carbonyl (C=O) groups excluding carboxylic acids is 1. The third kappa shape index (κ3) is 2.59. The highest BCUT2D eigenvalue weighted by Crippen LogP contribution is 2.41. The molecule has 8 heteroatoms. The number of esters is 1. The number of aromatic nitrogens is 2. The average molecular weight is 310 g/mol. The van der Waals surface area contributed by atoms with Gasteiger partial charge in [-0.2, -0.15) is 0 Å². The fourth-order valence-electron chi connectivity index (χ4n) is 3.03. The van der Waals surface area contributed by atoms with E-state index in [9.17, 15) is 14.4 Å². The molecule has 1 N–H and O–H groups in total. The number of nitrogens with zero attached hydrogens (tertiary/aromatic N) is 1. The Morgan fingerprint density at radius 3 is 2.59 bits per heavy atom. The molecule has 2 unspecified atom stereocenters. The molecule has 22 heavy (non-hydrogen) atoms. The minimum absolute atomic E-state index is 0.154. The first-order valence-corrected chi connectivity index (χ1v) is 7.12. The number of hydrogen-bond acceptors (Lipinski definition) is 6. The second-order valence-electron chi connectivity index (χ2n) is 6.08. The number of hydrogen-bond donors (Lipinski definition) is 1. The highest BCUT2D eigenvalue weighted by atomic mass is 16.7. The van der Waals surface area contributed by atoms with Crippen molar-refractivity contribution in [2.45, 2.75) is 38.2 Å². The largest absolute Gasteiger partial charge is 0.457 e. The van der Waals surface area contributed by atoms with Crippen LogP contribution in [0.4, 0.5) is 0 Å². The lowest BCUT2D eigenvalue weighted by Gasteiger charge is -2.27. The van der Waals surface area contributed by atoms with Gasteiger partial charge in [-0.1, -0.05) is 0 Å². The van der Waals surface area contributed by atoms with Gasteiger partial charge in [0, 0.05) is 18.7 Å². The summed E-state index contributed by atoms with van der Waals surface area (Å²) in [6.07, 6.45) is 1.76. The molecular weight excluding hydrogens is 292 g/mol. The Morgan fingerprint density at radius 2 is 1.95 bits per heavy atom. The molecule has 0 saturated carbocycles. The zero-order valence-electron chi connectivity index (χ0n) is 12.5. The van der Waals surface area contributed by atoms with Crippen molar-refractivity contribution in [1.82, 2.24) is 9.55 Å². The van der Waals surface area contributed by atoms with Gasteiger partial charge in [0.2, 0.25) is 0 Å². The minimum atomic E-state index is -0.981. The van der Waals surface area contributed by atoms with E-state index in [1.807, 2.05) is 0 Å². The molecule has 2 saturated heterocycles. The van der Waals surface area contributed by atoms with E-state index in [4.69, 9.17) is 14.2 Å². The Morgan fingerprint density at radius 1 is 1.27 bits per heavy atom. The fourth-order valence-corrected chi connectivity index (χ4v) is 3.03.